The van der Waals surface area contributed by atoms with Gasteiger partial charge in [-0.15, -0.1) is 0 Å². The number of carbonyl (C=O) groups excluding carboxylic acids is 1. The third-order valence-electron chi connectivity index (χ3n) is 2.73. The Balaban J connectivity index is 1.87. The molecule has 0 aromatic heterocycles. The van der Waals surface area contributed by atoms with Crippen molar-refractivity contribution in [2.45, 2.75) is 38.2 Å². The predicted octanol–water partition coefficient (Wildman–Crippen LogP) is 1.18. The highest BCUT2D eigenvalue weighted by molar-refractivity contribution is 7.99. The lowest BCUT2D eigenvalue weighted by Crippen LogP contribution is -2.26. The van der Waals surface area contributed by atoms with Crippen LogP contribution in [0.15, 0.2) is 0 Å². The van der Waals surface area contributed by atoms with E-state index in [1.165, 1.54) is 0 Å². The summed E-state index contributed by atoms with van der Waals surface area (Å²) in [5, 5.41) is 11.5. The van der Waals surface area contributed by atoms with Gasteiger partial charge in [0.15, 0.2) is 0 Å². The third kappa shape index (κ3) is 7.63. The average molecular weight is 261 g/mol. The molecule has 1 amide bonds. The number of ether oxygens (including phenoxy) is 1. The molecule has 1 rings (SSSR count). The molecule has 1 fully saturated rings. The molecule has 5 heteroatoms. The molecule has 0 aromatic carbocycles. The Labute approximate surface area is 107 Å². The summed E-state index contributed by atoms with van der Waals surface area (Å²) in [4.78, 5) is 11.5. The maximum absolute atomic E-state index is 11.5. The van der Waals surface area contributed by atoms with Gasteiger partial charge in [0.2, 0.25) is 5.91 Å². The molecule has 1 unspecified atom stereocenters. The van der Waals surface area contributed by atoms with Crippen molar-refractivity contribution in [3.63, 3.8) is 0 Å². The fraction of sp³-hybridized carbons (Fsp3) is 0.917. The Morgan fingerprint density at radius 2 is 2.35 bits per heavy atom. The average Bonchev–Trinajstić information content (AvgIpc) is 2.84. The maximum atomic E-state index is 11.5. The molecular weight excluding hydrogens is 238 g/mol. The number of nitrogens with one attached hydrogen (secondary N) is 1. The van der Waals surface area contributed by atoms with Gasteiger partial charge in [-0.2, -0.15) is 11.8 Å². The van der Waals surface area contributed by atoms with E-state index in [0.29, 0.717) is 12.5 Å². The topological polar surface area (TPSA) is 58.6 Å². The summed E-state index contributed by atoms with van der Waals surface area (Å²) in [6, 6.07) is 0. The van der Waals surface area contributed by atoms with Gasteiger partial charge in [0, 0.05) is 31.9 Å². The van der Waals surface area contributed by atoms with Gasteiger partial charge in [0.25, 0.3) is 0 Å². The Hall–Kier alpha value is -0.260. The number of thioether (sulfide) groups is 1. The summed E-state index contributed by atoms with van der Waals surface area (Å²) in [7, 11) is 0. The Kier molecular flexibility index (Phi) is 8.48. The van der Waals surface area contributed by atoms with Gasteiger partial charge in [0.05, 0.1) is 6.10 Å². The molecule has 4 nitrogen and oxygen atoms in total. The normalized spacial score (nSPS) is 19.5. The highest BCUT2D eigenvalue weighted by atomic mass is 32.2. The summed E-state index contributed by atoms with van der Waals surface area (Å²) in [6.07, 6.45) is 4.80. The van der Waals surface area contributed by atoms with Crippen LogP contribution in [0, 0.1) is 0 Å². The van der Waals surface area contributed by atoms with Crippen molar-refractivity contribution in [2.24, 2.45) is 0 Å². The van der Waals surface area contributed by atoms with Crippen LogP contribution in [0.3, 0.4) is 0 Å². The number of aliphatic hydroxyl groups is 1. The lowest BCUT2D eigenvalue weighted by atomic mass is 10.1. The first-order valence-corrected chi connectivity index (χ1v) is 7.55. The zero-order chi connectivity index (χ0) is 12.3. The van der Waals surface area contributed by atoms with Gasteiger partial charge in [-0.05, 0) is 31.4 Å². The fourth-order valence-corrected chi connectivity index (χ4v) is 2.57. The number of hydrogen-bond acceptors (Lipinski definition) is 4. The van der Waals surface area contributed by atoms with E-state index in [4.69, 9.17) is 9.84 Å². The van der Waals surface area contributed by atoms with Gasteiger partial charge in [-0.3, -0.25) is 4.79 Å². The largest absolute Gasteiger partial charge is 0.396 e. The number of aliphatic hydroxyl groups excluding tert-OH is 1. The molecular formula is C12H23NO3S. The molecule has 0 saturated carbocycles. The lowest BCUT2D eigenvalue weighted by Gasteiger charge is -2.09. The van der Waals surface area contributed by atoms with Crippen LogP contribution in [-0.2, 0) is 9.53 Å². The summed E-state index contributed by atoms with van der Waals surface area (Å²) in [5.74, 6) is 2.01. The zero-order valence-electron chi connectivity index (χ0n) is 10.3. The second kappa shape index (κ2) is 9.74. The Bertz CT molecular complexity index is 208. The van der Waals surface area contributed by atoms with Crippen molar-refractivity contribution in [3.05, 3.63) is 0 Å². The molecule has 1 atom stereocenters. The maximum Gasteiger partial charge on any atom is 0.220 e. The second-order valence-corrected chi connectivity index (χ2v) is 5.44. The Morgan fingerprint density at radius 3 is 3.06 bits per heavy atom. The number of rotatable bonds is 9. The SMILES string of the molecule is O=C(CCC1CCCO1)NCCSCCCO. The quantitative estimate of drug-likeness (QED) is 0.612. The first-order chi connectivity index (χ1) is 8.33. The summed E-state index contributed by atoms with van der Waals surface area (Å²) in [6.45, 7) is 1.83. The lowest BCUT2D eigenvalue weighted by molar-refractivity contribution is -0.121. The first kappa shape index (κ1) is 14.8. The van der Waals surface area contributed by atoms with Crippen molar-refractivity contribution >= 4 is 17.7 Å². The summed E-state index contributed by atoms with van der Waals surface area (Å²) in [5.41, 5.74) is 0. The molecule has 1 saturated heterocycles. The van der Waals surface area contributed by atoms with Crippen molar-refractivity contribution in [1.82, 2.24) is 5.32 Å². The van der Waals surface area contributed by atoms with E-state index in [9.17, 15) is 4.79 Å². The van der Waals surface area contributed by atoms with Crippen LogP contribution in [0.1, 0.15) is 32.1 Å². The highest BCUT2D eigenvalue weighted by Crippen LogP contribution is 2.16. The van der Waals surface area contributed by atoms with Gasteiger partial charge in [-0.25, -0.2) is 0 Å². The van der Waals surface area contributed by atoms with E-state index in [0.717, 1.165) is 50.3 Å². The van der Waals surface area contributed by atoms with Crippen LogP contribution in [-0.4, -0.2) is 48.4 Å². The van der Waals surface area contributed by atoms with Crippen LogP contribution in [0.2, 0.25) is 0 Å². The number of hydrogen-bond donors (Lipinski definition) is 2. The third-order valence-corrected chi connectivity index (χ3v) is 3.80. The molecule has 0 spiro atoms. The van der Waals surface area contributed by atoms with E-state index in [1.807, 2.05) is 0 Å². The van der Waals surface area contributed by atoms with E-state index in [-0.39, 0.29) is 12.5 Å². The Morgan fingerprint density at radius 1 is 1.47 bits per heavy atom. The minimum atomic E-state index is 0.128. The zero-order valence-corrected chi connectivity index (χ0v) is 11.1. The molecule has 0 aromatic rings. The molecule has 0 aliphatic carbocycles. The van der Waals surface area contributed by atoms with E-state index in [2.05, 4.69) is 5.32 Å². The van der Waals surface area contributed by atoms with E-state index >= 15 is 0 Å². The van der Waals surface area contributed by atoms with Crippen LogP contribution in [0.5, 0.6) is 0 Å². The van der Waals surface area contributed by atoms with Crippen molar-refractivity contribution < 1.29 is 14.6 Å². The smallest absolute Gasteiger partial charge is 0.220 e. The van der Waals surface area contributed by atoms with Crippen LogP contribution in [0.4, 0.5) is 0 Å². The van der Waals surface area contributed by atoms with Gasteiger partial charge < -0.3 is 15.2 Å². The predicted molar refractivity (Wildman–Crippen MR) is 70.2 cm³/mol. The molecule has 1 aliphatic heterocycles. The van der Waals surface area contributed by atoms with Gasteiger partial charge in [-0.1, -0.05) is 0 Å². The summed E-state index contributed by atoms with van der Waals surface area (Å²) >= 11 is 1.76. The molecule has 1 aliphatic rings. The molecule has 0 bridgehead atoms. The van der Waals surface area contributed by atoms with E-state index < -0.39 is 0 Å². The van der Waals surface area contributed by atoms with Gasteiger partial charge in [0.1, 0.15) is 0 Å². The first-order valence-electron chi connectivity index (χ1n) is 6.40. The second-order valence-electron chi connectivity index (χ2n) is 4.21. The fourth-order valence-electron chi connectivity index (χ4n) is 1.78. The van der Waals surface area contributed by atoms with Crippen LogP contribution < -0.4 is 5.32 Å². The summed E-state index contributed by atoms with van der Waals surface area (Å²) < 4.78 is 5.47. The minimum Gasteiger partial charge on any atom is -0.396 e. The molecule has 2 N–H and O–H groups in total. The van der Waals surface area contributed by atoms with E-state index in [1.54, 1.807) is 11.8 Å². The monoisotopic (exact) mass is 261 g/mol. The molecule has 17 heavy (non-hydrogen) atoms. The van der Waals surface area contributed by atoms with Gasteiger partial charge >= 0.3 is 0 Å². The van der Waals surface area contributed by atoms with Crippen LogP contribution in [0.25, 0.3) is 0 Å². The standard InChI is InChI=1S/C12H23NO3S/c14-7-2-9-17-10-6-13-12(15)5-4-11-3-1-8-16-11/h11,14H,1-10H2,(H,13,15). The van der Waals surface area contributed by atoms with Crippen molar-refractivity contribution in [3.8, 4) is 0 Å². The molecule has 0 radical (unpaired) electrons. The molecule has 100 valence electrons. The molecule has 1 heterocycles. The van der Waals surface area contributed by atoms with Crippen LogP contribution >= 0.6 is 11.8 Å². The minimum absolute atomic E-state index is 0.128. The highest BCUT2D eigenvalue weighted by Gasteiger charge is 2.16. The number of carbonyl (C=O) groups is 1. The van der Waals surface area contributed by atoms with Crippen molar-refractivity contribution in [1.29, 1.82) is 0 Å². The van der Waals surface area contributed by atoms with Crippen molar-refractivity contribution in [2.75, 3.05) is 31.3 Å². The number of amides is 1.